The number of anilines is 1. The lowest BCUT2D eigenvalue weighted by Gasteiger charge is -2.39. The van der Waals surface area contributed by atoms with Crippen LogP contribution < -0.4 is 16.0 Å². The van der Waals surface area contributed by atoms with Gasteiger partial charge in [-0.15, -0.1) is 0 Å². The Kier molecular flexibility index (Phi) is 8.11. The molecule has 4 rings (SSSR count). The van der Waals surface area contributed by atoms with Crippen LogP contribution in [0.5, 0.6) is 0 Å². The van der Waals surface area contributed by atoms with Crippen molar-refractivity contribution in [1.29, 1.82) is 0 Å². The molecule has 37 heavy (non-hydrogen) atoms. The third-order valence-electron chi connectivity index (χ3n) is 7.81. The van der Waals surface area contributed by atoms with Crippen LogP contribution in [0.2, 0.25) is 5.02 Å². The van der Waals surface area contributed by atoms with Gasteiger partial charge in [0.05, 0.1) is 17.6 Å². The fourth-order valence-electron chi connectivity index (χ4n) is 6.24. The average molecular weight is 553 g/mol. The highest BCUT2D eigenvalue weighted by atomic mass is 35.5. The van der Waals surface area contributed by atoms with E-state index in [2.05, 4.69) is 36.7 Å². The number of alkyl halides is 1. The van der Waals surface area contributed by atoms with Crippen molar-refractivity contribution in [1.82, 2.24) is 10.6 Å². The molecule has 2 amide bonds. The summed E-state index contributed by atoms with van der Waals surface area (Å²) in [5.41, 5.74) is 0.305. The average Bonchev–Trinajstić information content (AvgIpc) is 3.26. The van der Waals surface area contributed by atoms with Gasteiger partial charge in [-0.05, 0) is 54.4 Å². The molecule has 3 aliphatic rings. The van der Waals surface area contributed by atoms with E-state index in [0.29, 0.717) is 30.0 Å². The number of benzene rings is 1. The lowest BCUT2D eigenvalue weighted by molar-refractivity contribution is -0.127. The predicted molar refractivity (Wildman–Crippen MR) is 145 cm³/mol. The summed E-state index contributed by atoms with van der Waals surface area (Å²) in [7, 11) is 0. The zero-order valence-corrected chi connectivity index (χ0v) is 23.2. The molecular formula is C28H36Cl2FN3O3. The van der Waals surface area contributed by atoms with Crippen molar-refractivity contribution in [3.63, 3.8) is 0 Å². The van der Waals surface area contributed by atoms with Gasteiger partial charge in [0.25, 0.3) is 0 Å². The van der Waals surface area contributed by atoms with E-state index in [1.807, 2.05) is 19.1 Å². The first-order chi connectivity index (χ1) is 17.4. The van der Waals surface area contributed by atoms with Crippen LogP contribution in [0.4, 0.5) is 10.1 Å². The van der Waals surface area contributed by atoms with Crippen LogP contribution in [0.25, 0.3) is 0 Å². The maximum absolute atomic E-state index is 14.0. The molecule has 1 aromatic carbocycles. The van der Waals surface area contributed by atoms with Crippen LogP contribution in [0, 0.1) is 17.3 Å². The first-order valence-electron chi connectivity index (χ1n) is 12.8. The molecule has 2 aliphatic heterocycles. The number of carbonyl (C=O) groups excluding carboxylic acids is 2. The second-order valence-corrected chi connectivity index (χ2v) is 12.7. The molecule has 1 aromatic rings. The molecule has 1 spiro atoms. The minimum absolute atomic E-state index is 0.0738. The van der Waals surface area contributed by atoms with Gasteiger partial charge in [0.1, 0.15) is 6.67 Å². The number of amides is 2. The van der Waals surface area contributed by atoms with Gasteiger partial charge in [-0.1, -0.05) is 69.1 Å². The number of hydrogen-bond donors (Lipinski definition) is 4. The minimum atomic E-state index is -1.04. The van der Waals surface area contributed by atoms with Crippen molar-refractivity contribution in [3.05, 3.63) is 52.0 Å². The Morgan fingerprint density at radius 3 is 2.68 bits per heavy atom. The van der Waals surface area contributed by atoms with E-state index in [4.69, 9.17) is 23.2 Å². The molecule has 4 N–H and O–H groups in total. The van der Waals surface area contributed by atoms with E-state index in [9.17, 15) is 19.1 Å². The standard InChI is InChI=1S/C28H36Cl2FN3O3/c1-15(6-5-7-17(30)14-31)23-24(25(36)32-18-11-19(35)12-18)34-22(13-27(2,3)4)28(23)20-9-8-16(29)10-21(20)33-26(28)37/h5-10,15,18-19,22-24,34-35H,11-14H2,1-4H3,(H,32,36)(H,33,37)/b6-5-,17-7+/t15?,18?,19?,22-,23+,24-,28+/m1/s1. The van der Waals surface area contributed by atoms with E-state index in [0.717, 1.165) is 5.56 Å². The normalized spacial score (nSPS) is 32.4. The number of allylic oxidation sites excluding steroid dienone is 4. The molecule has 9 heteroatoms. The Bertz CT molecular complexity index is 1110. The maximum atomic E-state index is 14.0. The Labute approximate surface area is 228 Å². The fraction of sp³-hybridized carbons (Fsp3) is 0.571. The summed E-state index contributed by atoms with van der Waals surface area (Å²) in [4.78, 5) is 27.7. The number of fused-ring (bicyclic) bond motifs is 2. The van der Waals surface area contributed by atoms with Crippen LogP contribution in [0.3, 0.4) is 0 Å². The Morgan fingerprint density at radius 1 is 1.35 bits per heavy atom. The van der Waals surface area contributed by atoms with Crippen molar-refractivity contribution < 1.29 is 19.1 Å². The summed E-state index contributed by atoms with van der Waals surface area (Å²) in [5, 5.41) is 20.0. The maximum Gasteiger partial charge on any atom is 0.237 e. The molecule has 5 atom stereocenters. The topological polar surface area (TPSA) is 90.5 Å². The van der Waals surface area contributed by atoms with Crippen LogP contribution >= 0.6 is 23.2 Å². The third-order valence-corrected chi connectivity index (χ3v) is 8.27. The van der Waals surface area contributed by atoms with Crippen molar-refractivity contribution in [3.8, 4) is 0 Å². The highest BCUT2D eigenvalue weighted by molar-refractivity contribution is 6.31. The number of aliphatic hydroxyl groups excluding tert-OH is 1. The summed E-state index contributed by atoms with van der Waals surface area (Å²) in [6.07, 6.45) is 6.34. The number of nitrogens with one attached hydrogen (secondary N) is 3. The van der Waals surface area contributed by atoms with E-state index in [-0.39, 0.29) is 40.3 Å². The van der Waals surface area contributed by atoms with Gasteiger partial charge in [0.2, 0.25) is 11.8 Å². The molecular weight excluding hydrogens is 516 g/mol. The van der Waals surface area contributed by atoms with Gasteiger partial charge < -0.3 is 21.1 Å². The van der Waals surface area contributed by atoms with Gasteiger partial charge in [0, 0.05) is 33.7 Å². The number of hydrogen-bond acceptors (Lipinski definition) is 4. The lowest BCUT2D eigenvalue weighted by atomic mass is 9.61. The monoisotopic (exact) mass is 551 g/mol. The molecule has 1 saturated carbocycles. The minimum Gasteiger partial charge on any atom is -0.393 e. The van der Waals surface area contributed by atoms with Gasteiger partial charge in [-0.25, -0.2) is 4.39 Å². The summed E-state index contributed by atoms with van der Waals surface area (Å²) in [5.74, 6) is -1.07. The molecule has 2 fully saturated rings. The second-order valence-electron chi connectivity index (χ2n) is 11.8. The zero-order valence-electron chi connectivity index (χ0n) is 21.7. The van der Waals surface area contributed by atoms with Crippen molar-refractivity contribution >= 4 is 40.7 Å². The first kappa shape index (κ1) is 28.1. The molecule has 202 valence electrons. The van der Waals surface area contributed by atoms with Gasteiger partial charge in [0.15, 0.2) is 0 Å². The Hall–Kier alpha value is -1.93. The smallest absolute Gasteiger partial charge is 0.237 e. The Balaban J connectivity index is 1.82. The SMILES string of the molecule is CC(/C=C\C=C(\Cl)CF)[C@H]1[C@H](C(=O)NC2CC(O)C2)N[C@H](CC(C)(C)C)[C@]12C(=O)Nc1cc(Cl)ccc12. The lowest BCUT2D eigenvalue weighted by Crippen LogP contribution is -2.54. The summed E-state index contributed by atoms with van der Waals surface area (Å²) in [6, 6.07) is 4.33. The third kappa shape index (κ3) is 5.47. The number of carbonyl (C=O) groups is 2. The van der Waals surface area contributed by atoms with Crippen molar-refractivity contribution in [2.75, 3.05) is 12.0 Å². The second kappa shape index (κ2) is 10.7. The largest absolute Gasteiger partial charge is 0.393 e. The van der Waals surface area contributed by atoms with E-state index in [1.165, 1.54) is 6.08 Å². The fourth-order valence-corrected chi connectivity index (χ4v) is 6.48. The summed E-state index contributed by atoms with van der Waals surface area (Å²) < 4.78 is 12.9. The highest BCUT2D eigenvalue weighted by Crippen LogP contribution is 2.55. The Morgan fingerprint density at radius 2 is 2.05 bits per heavy atom. The molecule has 0 bridgehead atoms. The van der Waals surface area contributed by atoms with Gasteiger partial charge >= 0.3 is 0 Å². The quantitative estimate of drug-likeness (QED) is 0.365. The van der Waals surface area contributed by atoms with E-state index in [1.54, 1.807) is 18.2 Å². The summed E-state index contributed by atoms with van der Waals surface area (Å²) in [6.45, 7) is 7.54. The zero-order chi connectivity index (χ0) is 27.1. The van der Waals surface area contributed by atoms with Crippen molar-refractivity contribution in [2.45, 2.75) is 76.6 Å². The molecule has 1 aliphatic carbocycles. The number of rotatable bonds is 7. The molecule has 0 radical (unpaired) electrons. The molecule has 1 unspecified atom stereocenters. The van der Waals surface area contributed by atoms with Gasteiger partial charge in [-0.3, -0.25) is 9.59 Å². The van der Waals surface area contributed by atoms with Crippen LogP contribution in [-0.4, -0.2) is 47.8 Å². The van der Waals surface area contributed by atoms with Crippen LogP contribution in [0.1, 0.15) is 52.5 Å². The summed E-state index contributed by atoms with van der Waals surface area (Å²) >= 11 is 12.1. The van der Waals surface area contributed by atoms with Crippen molar-refractivity contribution in [2.24, 2.45) is 17.3 Å². The molecule has 6 nitrogen and oxygen atoms in total. The number of aliphatic hydroxyl groups is 1. The van der Waals surface area contributed by atoms with Gasteiger partial charge in [-0.2, -0.15) is 0 Å². The predicted octanol–water partition coefficient (Wildman–Crippen LogP) is 4.85. The van der Waals surface area contributed by atoms with Crippen LogP contribution in [-0.2, 0) is 15.0 Å². The molecule has 2 heterocycles. The van der Waals surface area contributed by atoms with Crippen LogP contribution in [0.15, 0.2) is 41.5 Å². The molecule has 0 aromatic heterocycles. The van der Waals surface area contributed by atoms with E-state index < -0.39 is 30.2 Å². The highest BCUT2D eigenvalue weighted by Gasteiger charge is 2.66. The number of halogens is 3. The molecule has 1 saturated heterocycles. The van der Waals surface area contributed by atoms with E-state index >= 15 is 0 Å². The first-order valence-corrected chi connectivity index (χ1v) is 13.6.